The monoisotopic (exact) mass is 233 g/mol. The van der Waals surface area contributed by atoms with Crippen LogP contribution in [0.4, 0.5) is 0 Å². The molecule has 1 aliphatic rings. The van der Waals surface area contributed by atoms with Gasteiger partial charge in [-0.25, -0.2) is 0 Å². The van der Waals surface area contributed by atoms with Crippen LogP contribution < -0.4 is 10.1 Å². The molecule has 2 rings (SSSR count). The number of hydrogen-bond donors (Lipinski definition) is 1. The summed E-state index contributed by atoms with van der Waals surface area (Å²) in [6.07, 6.45) is 6.32. The molecule has 0 heterocycles. The number of para-hydroxylation sites is 1. The van der Waals surface area contributed by atoms with E-state index in [0.29, 0.717) is 0 Å². The Morgan fingerprint density at radius 3 is 2.82 bits per heavy atom. The van der Waals surface area contributed by atoms with Crippen molar-refractivity contribution in [3.63, 3.8) is 0 Å². The predicted octanol–water partition coefficient (Wildman–Crippen LogP) is 3.51. The van der Waals surface area contributed by atoms with Gasteiger partial charge in [0.2, 0.25) is 0 Å². The topological polar surface area (TPSA) is 21.3 Å². The van der Waals surface area contributed by atoms with Crippen molar-refractivity contribution in [3.8, 4) is 5.75 Å². The molecular weight excluding hydrogens is 210 g/mol. The van der Waals surface area contributed by atoms with Crippen molar-refractivity contribution in [2.24, 2.45) is 0 Å². The maximum atomic E-state index is 5.85. The van der Waals surface area contributed by atoms with Gasteiger partial charge < -0.3 is 10.1 Å². The molecule has 0 spiro atoms. The van der Waals surface area contributed by atoms with Gasteiger partial charge in [-0.1, -0.05) is 38.0 Å². The van der Waals surface area contributed by atoms with Crippen molar-refractivity contribution in [1.29, 1.82) is 0 Å². The van der Waals surface area contributed by atoms with E-state index in [-0.39, 0.29) is 0 Å². The normalized spacial score (nSPS) is 14.9. The lowest BCUT2D eigenvalue weighted by atomic mass is 10.2. The van der Waals surface area contributed by atoms with E-state index in [2.05, 4.69) is 36.5 Å². The van der Waals surface area contributed by atoms with Crippen molar-refractivity contribution in [2.75, 3.05) is 6.61 Å². The fraction of sp³-hybridized carbons (Fsp3) is 0.600. The Labute approximate surface area is 104 Å². The summed E-state index contributed by atoms with van der Waals surface area (Å²) < 4.78 is 5.85. The van der Waals surface area contributed by atoms with Crippen LogP contribution in [-0.2, 0) is 6.54 Å². The molecule has 0 radical (unpaired) electrons. The molecule has 1 aromatic carbocycles. The molecule has 1 fully saturated rings. The highest BCUT2D eigenvalue weighted by Gasteiger charge is 2.20. The minimum absolute atomic E-state index is 0.753. The van der Waals surface area contributed by atoms with E-state index < -0.39 is 0 Å². The van der Waals surface area contributed by atoms with Crippen LogP contribution >= 0.6 is 0 Å². The number of hydrogen-bond acceptors (Lipinski definition) is 2. The van der Waals surface area contributed by atoms with Crippen LogP contribution in [0.2, 0.25) is 0 Å². The Morgan fingerprint density at radius 1 is 1.24 bits per heavy atom. The van der Waals surface area contributed by atoms with Gasteiger partial charge in [0, 0.05) is 18.2 Å². The van der Waals surface area contributed by atoms with Crippen molar-refractivity contribution in [1.82, 2.24) is 5.32 Å². The molecule has 0 bridgehead atoms. The van der Waals surface area contributed by atoms with Crippen molar-refractivity contribution < 1.29 is 4.74 Å². The minimum atomic E-state index is 0.753. The van der Waals surface area contributed by atoms with Crippen LogP contribution in [0.3, 0.4) is 0 Å². The maximum Gasteiger partial charge on any atom is 0.123 e. The van der Waals surface area contributed by atoms with Crippen molar-refractivity contribution in [2.45, 2.75) is 51.6 Å². The van der Waals surface area contributed by atoms with E-state index in [9.17, 15) is 0 Å². The summed E-state index contributed by atoms with van der Waals surface area (Å²) in [6.45, 7) is 4.00. The third-order valence-electron chi connectivity index (χ3n) is 3.14. The van der Waals surface area contributed by atoms with E-state index in [1.165, 1.54) is 31.2 Å². The largest absolute Gasteiger partial charge is 0.493 e. The second-order valence-corrected chi connectivity index (χ2v) is 4.82. The van der Waals surface area contributed by atoms with Gasteiger partial charge in [0.25, 0.3) is 0 Å². The smallest absolute Gasteiger partial charge is 0.123 e. The van der Waals surface area contributed by atoms with Crippen LogP contribution in [0.5, 0.6) is 5.75 Å². The molecular formula is C15H23NO. The van der Waals surface area contributed by atoms with Crippen LogP contribution in [0.1, 0.15) is 44.6 Å². The maximum absolute atomic E-state index is 5.85. The number of rotatable bonds is 8. The Hall–Kier alpha value is -1.02. The van der Waals surface area contributed by atoms with Gasteiger partial charge in [0.15, 0.2) is 0 Å². The summed E-state index contributed by atoms with van der Waals surface area (Å²) in [5.74, 6) is 1.05. The molecule has 0 atom stereocenters. The van der Waals surface area contributed by atoms with Crippen molar-refractivity contribution in [3.05, 3.63) is 29.8 Å². The van der Waals surface area contributed by atoms with Gasteiger partial charge in [0.05, 0.1) is 6.61 Å². The van der Waals surface area contributed by atoms with Crippen LogP contribution in [0.25, 0.3) is 0 Å². The van der Waals surface area contributed by atoms with E-state index in [1.54, 1.807) is 0 Å². The Morgan fingerprint density at radius 2 is 2.06 bits per heavy atom. The van der Waals surface area contributed by atoms with Gasteiger partial charge >= 0.3 is 0 Å². The fourth-order valence-corrected chi connectivity index (χ4v) is 1.87. The second kappa shape index (κ2) is 6.65. The van der Waals surface area contributed by atoms with Gasteiger partial charge in [-0.05, 0) is 25.3 Å². The quantitative estimate of drug-likeness (QED) is 0.694. The average molecular weight is 233 g/mol. The number of unbranched alkanes of at least 4 members (excludes halogenated alkanes) is 2. The summed E-state index contributed by atoms with van der Waals surface area (Å²) in [4.78, 5) is 0. The third kappa shape index (κ3) is 4.39. The van der Waals surface area contributed by atoms with Crippen LogP contribution in [0, 0.1) is 0 Å². The summed E-state index contributed by atoms with van der Waals surface area (Å²) in [6, 6.07) is 9.13. The first-order valence-electron chi connectivity index (χ1n) is 6.84. The molecule has 0 aromatic heterocycles. The lowest BCUT2D eigenvalue weighted by molar-refractivity contribution is 0.302. The molecule has 0 amide bonds. The molecule has 0 unspecified atom stereocenters. The Balaban J connectivity index is 1.80. The standard InChI is InChI=1S/C15H23NO/c1-2-3-6-11-17-15-8-5-4-7-13(15)12-16-14-9-10-14/h4-5,7-8,14,16H,2-3,6,9-12H2,1H3. The zero-order chi connectivity index (χ0) is 11.9. The van der Waals surface area contributed by atoms with Crippen LogP contribution in [-0.4, -0.2) is 12.6 Å². The zero-order valence-corrected chi connectivity index (χ0v) is 10.7. The summed E-state index contributed by atoms with van der Waals surface area (Å²) in [5, 5.41) is 3.53. The van der Waals surface area contributed by atoms with E-state index in [0.717, 1.165) is 31.4 Å². The molecule has 94 valence electrons. The highest BCUT2D eigenvalue weighted by atomic mass is 16.5. The van der Waals surface area contributed by atoms with E-state index >= 15 is 0 Å². The Bertz CT molecular complexity index is 333. The van der Waals surface area contributed by atoms with Gasteiger partial charge in [-0.15, -0.1) is 0 Å². The summed E-state index contributed by atoms with van der Waals surface area (Å²) >= 11 is 0. The zero-order valence-electron chi connectivity index (χ0n) is 10.7. The van der Waals surface area contributed by atoms with Crippen LogP contribution in [0.15, 0.2) is 24.3 Å². The summed E-state index contributed by atoms with van der Waals surface area (Å²) in [5.41, 5.74) is 1.29. The summed E-state index contributed by atoms with van der Waals surface area (Å²) in [7, 11) is 0. The first-order chi connectivity index (χ1) is 8.40. The lowest BCUT2D eigenvalue weighted by Crippen LogP contribution is -2.16. The first-order valence-corrected chi connectivity index (χ1v) is 6.84. The molecule has 2 nitrogen and oxygen atoms in total. The number of ether oxygens (including phenoxy) is 1. The molecule has 1 aromatic rings. The molecule has 17 heavy (non-hydrogen) atoms. The SMILES string of the molecule is CCCCCOc1ccccc1CNC1CC1. The van der Waals surface area contributed by atoms with Gasteiger partial charge in [-0.3, -0.25) is 0 Å². The molecule has 2 heteroatoms. The van der Waals surface area contributed by atoms with E-state index in [4.69, 9.17) is 4.74 Å². The fourth-order valence-electron chi connectivity index (χ4n) is 1.87. The highest BCUT2D eigenvalue weighted by Crippen LogP contribution is 2.22. The minimum Gasteiger partial charge on any atom is -0.493 e. The van der Waals surface area contributed by atoms with Gasteiger partial charge in [0.1, 0.15) is 5.75 Å². The van der Waals surface area contributed by atoms with E-state index in [1.807, 2.05) is 0 Å². The second-order valence-electron chi connectivity index (χ2n) is 4.82. The first kappa shape index (κ1) is 12.4. The number of benzene rings is 1. The Kier molecular flexibility index (Phi) is 4.87. The molecule has 1 N–H and O–H groups in total. The third-order valence-corrected chi connectivity index (χ3v) is 3.14. The van der Waals surface area contributed by atoms with Gasteiger partial charge in [-0.2, -0.15) is 0 Å². The molecule has 1 saturated carbocycles. The lowest BCUT2D eigenvalue weighted by Gasteiger charge is -2.11. The number of nitrogens with one attached hydrogen (secondary N) is 1. The van der Waals surface area contributed by atoms with Crippen molar-refractivity contribution >= 4 is 0 Å². The molecule has 0 saturated heterocycles. The molecule has 1 aliphatic carbocycles. The molecule has 0 aliphatic heterocycles. The average Bonchev–Trinajstić information content (AvgIpc) is 3.17. The predicted molar refractivity (Wildman–Crippen MR) is 71.3 cm³/mol. The highest BCUT2D eigenvalue weighted by molar-refractivity contribution is 5.33.